The van der Waals surface area contributed by atoms with Crippen molar-refractivity contribution in [2.75, 3.05) is 38.2 Å². The fraction of sp³-hybridized carbons (Fsp3) is 0.500. The molecule has 1 aromatic carbocycles. The standard InChI is InChI=1S/C22H30ClN3O2/c1-4-13-28-16-18-15-24-21-14-19(23)8-9-20(21)22(18)25-17(3)7-6-10-26(5-2)11-12-27/h1,8-9,14-15,17,27H,5-7,10-13,16H2,2-3H3,(H,24,25). The van der Waals surface area contributed by atoms with Gasteiger partial charge >= 0.3 is 0 Å². The zero-order chi connectivity index (χ0) is 20.4. The Morgan fingerprint density at radius 3 is 2.93 bits per heavy atom. The molecule has 0 spiro atoms. The van der Waals surface area contributed by atoms with E-state index >= 15 is 0 Å². The molecule has 5 nitrogen and oxygen atoms in total. The summed E-state index contributed by atoms with van der Waals surface area (Å²) in [5, 5.41) is 14.4. The number of pyridine rings is 1. The van der Waals surface area contributed by atoms with E-state index in [1.807, 2.05) is 24.4 Å². The zero-order valence-electron chi connectivity index (χ0n) is 16.7. The van der Waals surface area contributed by atoms with Gasteiger partial charge in [-0.05, 0) is 51.1 Å². The van der Waals surface area contributed by atoms with Crippen LogP contribution < -0.4 is 5.32 Å². The summed E-state index contributed by atoms with van der Waals surface area (Å²) in [7, 11) is 0. The van der Waals surface area contributed by atoms with Crippen LogP contribution in [0.15, 0.2) is 24.4 Å². The lowest BCUT2D eigenvalue weighted by molar-refractivity contribution is 0.154. The number of likely N-dealkylation sites (N-methyl/N-ethyl adjacent to an activating group) is 1. The second kappa shape index (κ2) is 11.9. The average molecular weight is 404 g/mol. The predicted octanol–water partition coefficient (Wildman–Crippen LogP) is 3.93. The number of benzene rings is 1. The van der Waals surface area contributed by atoms with E-state index in [0.29, 0.717) is 11.6 Å². The molecular formula is C22H30ClN3O2. The summed E-state index contributed by atoms with van der Waals surface area (Å²) in [6.45, 7) is 7.84. The molecule has 1 atom stereocenters. The van der Waals surface area contributed by atoms with Crippen molar-refractivity contribution < 1.29 is 9.84 Å². The number of aliphatic hydroxyl groups is 1. The molecule has 0 saturated heterocycles. The molecule has 2 N–H and O–H groups in total. The third-order valence-corrected chi connectivity index (χ3v) is 4.95. The molecule has 2 rings (SSSR count). The van der Waals surface area contributed by atoms with Gasteiger partial charge in [0.25, 0.3) is 0 Å². The molecule has 152 valence electrons. The van der Waals surface area contributed by atoms with E-state index in [0.717, 1.165) is 54.6 Å². The highest BCUT2D eigenvalue weighted by molar-refractivity contribution is 6.31. The summed E-state index contributed by atoms with van der Waals surface area (Å²) in [5.41, 5.74) is 2.85. The van der Waals surface area contributed by atoms with E-state index in [1.165, 1.54) is 0 Å². The number of rotatable bonds is 12. The van der Waals surface area contributed by atoms with Gasteiger partial charge in [0.15, 0.2) is 0 Å². The predicted molar refractivity (Wildman–Crippen MR) is 117 cm³/mol. The fourth-order valence-corrected chi connectivity index (χ4v) is 3.38. The van der Waals surface area contributed by atoms with Crippen LogP contribution in [-0.4, -0.2) is 53.9 Å². The molecule has 1 aromatic heterocycles. The van der Waals surface area contributed by atoms with Crippen molar-refractivity contribution >= 4 is 28.2 Å². The summed E-state index contributed by atoms with van der Waals surface area (Å²) in [4.78, 5) is 6.78. The Morgan fingerprint density at radius 2 is 2.21 bits per heavy atom. The molecule has 0 amide bonds. The average Bonchev–Trinajstić information content (AvgIpc) is 2.68. The van der Waals surface area contributed by atoms with Gasteiger partial charge in [0, 0.05) is 34.8 Å². The number of hydrogen-bond donors (Lipinski definition) is 2. The van der Waals surface area contributed by atoms with Crippen LogP contribution >= 0.6 is 11.6 Å². The van der Waals surface area contributed by atoms with Gasteiger partial charge in [0.1, 0.15) is 6.61 Å². The van der Waals surface area contributed by atoms with Crippen LogP contribution in [0.2, 0.25) is 5.02 Å². The van der Waals surface area contributed by atoms with Crippen molar-refractivity contribution in [1.82, 2.24) is 9.88 Å². The van der Waals surface area contributed by atoms with E-state index in [2.05, 4.69) is 35.0 Å². The van der Waals surface area contributed by atoms with Crippen LogP contribution in [0.3, 0.4) is 0 Å². The number of anilines is 1. The lowest BCUT2D eigenvalue weighted by atomic mass is 10.1. The smallest absolute Gasteiger partial charge is 0.107 e. The van der Waals surface area contributed by atoms with Crippen LogP contribution in [0.25, 0.3) is 10.9 Å². The molecular weight excluding hydrogens is 374 g/mol. The Hall–Kier alpha value is -1.84. The SMILES string of the molecule is C#CCOCc1cnc2cc(Cl)ccc2c1NC(C)CCCN(CC)CCO. The van der Waals surface area contributed by atoms with Crippen LogP contribution in [-0.2, 0) is 11.3 Å². The number of halogens is 1. The molecule has 2 aromatic rings. The van der Waals surface area contributed by atoms with E-state index < -0.39 is 0 Å². The van der Waals surface area contributed by atoms with Gasteiger partial charge < -0.3 is 20.1 Å². The zero-order valence-corrected chi connectivity index (χ0v) is 17.5. The van der Waals surface area contributed by atoms with E-state index in [1.54, 1.807) is 0 Å². The highest BCUT2D eigenvalue weighted by Gasteiger charge is 2.13. The maximum atomic E-state index is 9.12. The quantitative estimate of drug-likeness (QED) is 0.415. The minimum absolute atomic E-state index is 0.203. The number of nitrogens with one attached hydrogen (secondary N) is 1. The Bertz CT molecular complexity index is 791. The summed E-state index contributed by atoms with van der Waals surface area (Å²) in [6, 6.07) is 6.01. The van der Waals surface area contributed by atoms with Crippen LogP contribution in [0.1, 0.15) is 32.3 Å². The van der Waals surface area contributed by atoms with E-state index in [9.17, 15) is 0 Å². The van der Waals surface area contributed by atoms with Crippen molar-refractivity contribution in [3.05, 3.63) is 35.0 Å². The van der Waals surface area contributed by atoms with Crippen molar-refractivity contribution in [3.8, 4) is 12.3 Å². The van der Waals surface area contributed by atoms with Gasteiger partial charge in [-0.1, -0.05) is 24.4 Å². The maximum Gasteiger partial charge on any atom is 0.107 e. The minimum atomic E-state index is 0.203. The molecule has 28 heavy (non-hydrogen) atoms. The molecule has 0 aliphatic rings. The normalized spacial score (nSPS) is 12.3. The maximum absolute atomic E-state index is 9.12. The number of hydrogen-bond acceptors (Lipinski definition) is 5. The summed E-state index contributed by atoms with van der Waals surface area (Å²) in [5.74, 6) is 2.49. The molecule has 0 bridgehead atoms. The third kappa shape index (κ3) is 6.65. The topological polar surface area (TPSA) is 57.6 Å². The van der Waals surface area contributed by atoms with Crippen LogP contribution in [0.4, 0.5) is 5.69 Å². The number of fused-ring (bicyclic) bond motifs is 1. The van der Waals surface area contributed by atoms with Crippen molar-refractivity contribution in [2.24, 2.45) is 0 Å². The molecule has 0 aliphatic heterocycles. The number of aromatic nitrogens is 1. The minimum Gasteiger partial charge on any atom is -0.395 e. The Morgan fingerprint density at radius 1 is 1.39 bits per heavy atom. The van der Waals surface area contributed by atoms with Crippen LogP contribution in [0.5, 0.6) is 0 Å². The van der Waals surface area contributed by atoms with Gasteiger partial charge in [-0.15, -0.1) is 6.42 Å². The van der Waals surface area contributed by atoms with Crippen molar-refractivity contribution in [1.29, 1.82) is 0 Å². The monoisotopic (exact) mass is 403 g/mol. The molecule has 0 saturated carbocycles. The Labute approximate surface area is 173 Å². The van der Waals surface area contributed by atoms with Gasteiger partial charge in [-0.25, -0.2) is 0 Å². The first kappa shape index (κ1) is 22.4. The van der Waals surface area contributed by atoms with Crippen molar-refractivity contribution in [2.45, 2.75) is 39.3 Å². The first-order chi connectivity index (χ1) is 13.6. The van der Waals surface area contributed by atoms with E-state index in [-0.39, 0.29) is 19.3 Å². The molecule has 0 aliphatic carbocycles. The molecule has 1 unspecified atom stereocenters. The van der Waals surface area contributed by atoms with Gasteiger partial charge in [-0.3, -0.25) is 4.98 Å². The van der Waals surface area contributed by atoms with Gasteiger partial charge in [0.2, 0.25) is 0 Å². The first-order valence-electron chi connectivity index (χ1n) is 9.77. The lowest BCUT2D eigenvalue weighted by Gasteiger charge is -2.22. The van der Waals surface area contributed by atoms with Gasteiger partial charge in [0.05, 0.1) is 24.4 Å². The summed E-state index contributed by atoms with van der Waals surface area (Å²) < 4.78 is 5.55. The second-order valence-corrected chi connectivity index (χ2v) is 7.30. The van der Waals surface area contributed by atoms with Crippen molar-refractivity contribution in [3.63, 3.8) is 0 Å². The van der Waals surface area contributed by atoms with Crippen LogP contribution in [0, 0.1) is 12.3 Å². The highest BCUT2D eigenvalue weighted by Crippen LogP contribution is 2.29. The lowest BCUT2D eigenvalue weighted by Crippen LogP contribution is -2.28. The van der Waals surface area contributed by atoms with Gasteiger partial charge in [-0.2, -0.15) is 0 Å². The number of nitrogens with zero attached hydrogens (tertiary/aromatic N) is 2. The Balaban J connectivity index is 2.11. The largest absolute Gasteiger partial charge is 0.395 e. The molecule has 0 fully saturated rings. The third-order valence-electron chi connectivity index (χ3n) is 4.72. The first-order valence-corrected chi connectivity index (χ1v) is 10.1. The van der Waals surface area contributed by atoms with E-state index in [4.69, 9.17) is 27.9 Å². The second-order valence-electron chi connectivity index (χ2n) is 6.86. The molecule has 0 radical (unpaired) electrons. The molecule has 1 heterocycles. The number of terminal acetylenes is 1. The fourth-order valence-electron chi connectivity index (χ4n) is 3.22. The number of aliphatic hydroxyl groups excluding tert-OH is 1. The highest BCUT2D eigenvalue weighted by atomic mass is 35.5. The Kier molecular flexibility index (Phi) is 9.52. The summed E-state index contributed by atoms with van der Waals surface area (Å²) in [6.07, 6.45) is 9.19. The molecule has 6 heteroatoms. The summed E-state index contributed by atoms with van der Waals surface area (Å²) >= 11 is 6.13. The number of ether oxygens (including phenoxy) is 1.